The number of nitrogens with zero attached hydrogens (tertiary/aromatic N) is 2. The maximum absolute atomic E-state index is 5.56. The van der Waals surface area contributed by atoms with Crippen molar-refractivity contribution in [2.45, 2.75) is 12.5 Å². The second kappa shape index (κ2) is 4.45. The Hall–Kier alpha value is -1.04. The van der Waals surface area contributed by atoms with Crippen LogP contribution in [-0.4, -0.2) is 23.3 Å². The zero-order chi connectivity index (χ0) is 9.80. The van der Waals surface area contributed by atoms with Crippen LogP contribution in [0.5, 0.6) is 0 Å². The molecule has 0 saturated carbocycles. The summed E-state index contributed by atoms with van der Waals surface area (Å²) in [5, 5.41) is 7.97. The normalized spacial score (nSPS) is 26.6. The van der Waals surface area contributed by atoms with E-state index in [0.29, 0.717) is 12.5 Å². The molecule has 5 nitrogen and oxygen atoms in total. The lowest BCUT2D eigenvalue weighted by Crippen LogP contribution is -2.26. The van der Waals surface area contributed by atoms with Crippen LogP contribution >= 0.6 is 0 Å². The average molecular weight is 193 g/mol. The summed E-state index contributed by atoms with van der Waals surface area (Å²) in [6, 6.07) is 4.13. The molecular weight excluding hydrogens is 178 g/mol. The summed E-state index contributed by atoms with van der Waals surface area (Å²) < 4.78 is 0. The van der Waals surface area contributed by atoms with E-state index in [1.54, 1.807) is 6.20 Å². The van der Waals surface area contributed by atoms with Gasteiger partial charge in [-0.05, 0) is 31.0 Å². The Bertz CT molecular complexity index is 276. The Morgan fingerprint density at radius 1 is 1.57 bits per heavy atom. The summed E-state index contributed by atoms with van der Waals surface area (Å²) >= 11 is 0. The van der Waals surface area contributed by atoms with Crippen molar-refractivity contribution in [3.8, 4) is 0 Å². The molecule has 1 aromatic rings. The maximum Gasteiger partial charge on any atom is 0.0817 e. The molecule has 0 spiro atoms. The zero-order valence-electron chi connectivity index (χ0n) is 7.98. The van der Waals surface area contributed by atoms with E-state index < -0.39 is 0 Å². The molecule has 1 fully saturated rings. The van der Waals surface area contributed by atoms with Crippen molar-refractivity contribution < 1.29 is 0 Å². The van der Waals surface area contributed by atoms with Gasteiger partial charge in [-0.2, -0.15) is 10.2 Å². The fraction of sp³-hybridized carbons (Fsp3) is 0.556. The Morgan fingerprint density at radius 2 is 2.50 bits per heavy atom. The molecule has 2 rings (SSSR count). The quantitative estimate of drug-likeness (QED) is 0.608. The van der Waals surface area contributed by atoms with Gasteiger partial charge in [0.2, 0.25) is 0 Å². The minimum atomic E-state index is 0.243. The van der Waals surface area contributed by atoms with E-state index in [1.165, 1.54) is 0 Å². The van der Waals surface area contributed by atoms with Crippen LogP contribution in [0.25, 0.3) is 0 Å². The van der Waals surface area contributed by atoms with E-state index in [2.05, 4.69) is 21.0 Å². The predicted octanol–water partition coefficient (Wildman–Crippen LogP) is -0.409. The fourth-order valence-corrected chi connectivity index (χ4v) is 1.81. The lowest BCUT2D eigenvalue weighted by Gasteiger charge is -2.15. The number of nitrogens with one attached hydrogen (secondary N) is 2. The number of nitrogens with two attached hydrogens (primary N) is 1. The van der Waals surface area contributed by atoms with Crippen LogP contribution in [0, 0.1) is 5.92 Å². The van der Waals surface area contributed by atoms with Gasteiger partial charge in [0, 0.05) is 12.7 Å². The molecule has 1 aliphatic heterocycles. The summed E-state index contributed by atoms with van der Waals surface area (Å²) in [5.74, 6) is 0.511. The molecule has 1 saturated heterocycles. The number of aromatic nitrogens is 2. The third-order valence-electron chi connectivity index (χ3n) is 2.54. The summed E-state index contributed by atoms with van der Waals surface area (Å²) in [7, 11) is 0. The van der Waals surface area contributed by atoms with Gasteiger partial charge >= 0.3 is 0 Å². The van der Waals surface area contributed by atoms with Crippen LogP contribution in [-0.2, 0) is 0 Å². The van der Waals surface area contributed by atoms with Crippen LogP contribution < -0.4 is 16.6 Å². The van der Waals surface area contributed by atoms with Gasteiger partial charge in [0.1, 0.15) is 0 Å². The molecule has 0 bridgehead atoms. The predicted molar refractivity (Wildman–Crippen MR) is 53.1 cm³/mol. The van der Waals surface area contributed by atoms with Crippen molar-refractivity contribution in [2.24, 2.45) is 11.7 Å². The number of hydrogen-bond acceptors (Lipinski definition) is 5. The smallest absolute Gasteiger partial charge is 0.0817 e. The zero-order valence-corrected chi connectivity index (χ0v) is 7.98. The standard InChI is InChI=1S/C9H15N5/c10-4-3-7-6-12-14-9(7)8-2-1-5-11-13-8/h1-2,5,7,9,12,14H,3-4,6,10H2. The first kappa shape index (κ1) is 9.51. The van der Waals surface area contributed by atoms with E-state index >= 15 is 0 Å². The van der Waals surface area contributed by atoms with Gasteiger partial charge in [-0.1, -0.05) is 0 Å². The van der Waals surface area contributed by atoms with Crippen molar-refractivity contribution in [1.82, 2.24) is 21.0 Å². The molecule has 5 heteroatoms. The van der Waals surface area contributed by atoms with Crippen LogP contribution in [0.3, 0.4) is 0 Å². The number of hydrogen-bond donors (Lipinski definition) is 3. The molecule has 0 radical (unpaired) electrons. The van der Waals surface area contributed by atoms with Crippen molar-refractivity contribution in [1.29, 1.82) is 0 Å². The van der Waals surface area contributed by atoms with E-state index in [9.17, 15) is 0 Å². The lowest BCUT2D eigenvalue weighted by atomic mass is 9.96. The molecule has 4 N–H and O–H groups in total. The second-order valence-electron chi connectivity index (χ2n) is 3.49. The van der Waals surface area contributed by atoms with E-state index in [0.717, 1.165) is 18.7 Å². The van der Waals surface area contributed by atoms with Crippen LogP contribution in [0.1, 0.15) is 18.2 Å². The van der Waals surface area contributed by atoms with E-state index in [-0.39, 0.29) is 6.04 Å². The van der Waals surface area contributed by atoms with Gasteiger partial charge in [0.05, 0.1) is 11.7 Å². The highest BCUT2D eigenvalue weighted by Gasteiger charge is 2.28. The largest absolute Gasteiger partial charge is 0.330 e. The first-order chi connectivity index (χ1) is 6.92. The Morgan fingerprint density at radius 3 is 3.21 bits per heavy atom. The highest BCUT2D eigenvalue weighted by atomic mass is 15.4. The molecule has 76 valence electrons. The van der Waals surface area contributed by atoms with Crippen molar-refractivity contribution in [2.75, 3.05) is 13.1 Å². The summed E-state index contributed by atoms with van der Waals surface area (Å²) in [4.78, 5) is 0. The topological polar surface area (TPSA) is 75.9 Å². The number of rotatable bonds is 3. The Kier molecular flexibility index (Phi) is 3.03. The molecule has 1 aromatic heterocycles. The highest BCUT2D eigenvalue weighted by molar-refractivity contribution is 5.08. The lowest BCUT2D eigenvalue weighted by molar-refractivity contribution is 0.439. The van der Waals surface area contributed by atoms with Gasteiger partial charge in [0.25, 0.3) is 0 Å². The van der Waals surface area contributed by atoms with Crippen molar-refractivity contribution in [3.05, 3.63) is 24.0 Å². The minimum Gasteiger partial charge on any atom is -0.330 e. The van der Waals surface area contributed by atoms with Crippen molar-refractivity contribution >= 4 is 0 Å². The summed E-state index contributed by atoms with van der Waals surface area (Å²) in [5.41, 5.74) is 12.9. The average Bonchev–Trinajstić information content (AvgIpc) is 2.68. The van der Waals surface area contributed by atoms with Gasteiger partial charge in [-0.3, -0.25) is 5.43 Å². The molecule has 2 atom stereocenters. The first-order valence-corrected chi connectivity index (χ1v) is 4.88. The molecule has 0 amide bonds. The van der Waals surface area contributed by atoms with E-state index in [1.807, 2.05) is 12.1 Å². The first-order valence-electron chi connectivity index (χ1n) is 4.88. The molecule has 0 aromatic carbocycles. The third-order valence-corrected chi connectivity index (χ3v) is 2.54. The van der Waals surface area contributed by atoms with Crippen LogP contribution in [0.4, 0.5) is 0 Å². The molecule has 2 unspecified atom stereocenters. The fourth-order valence-electron chi connectivity index (χ4n) is 1.81. The highest BCUT2D eigenvalue weighted by Crippen LogP contribution is 2.24. The van der Waals surface area contributed by atoms with Gasteiger partial charge in [-0.25, -0.2) is 5.43 Å². The Balaban J connectivity index is 2.10. The maximum atomic E-state index is 5.56. The van der Waals surface area contributed by atoms with Crippen LogP contribution in [0.15, 0.2) is 18.3 Å². The third kappa shape index (κ3) is 1.89. The SMILES string of the molecule is NCCC1CNNC1c1cccnn1. The molecule has 1 aliphatic rings. The molecule has 2 heterocycles. The van der Waals surface area contributed by atoms with Gasteiger partial charge in [0.15, 0.2) is 0 Å². The second-order valence-corrected chi connectivity index (χ2v) is 3.49. The minimum absolute atomic E-state index is 0.243. The number of hydrazine groups is 1. The Labute approximate surface area is 83.1 Å². The van der Waals surface area contributed by atoms with Crippen molar-refractivity contribution in [3.63, 3.8) is 0 Å². The van der Waals surface area contributed by atoms with Gasteiger partial charge < -0.3 is 5.73 Å². The van der Waals surface area contributed by atoms with Gasteiger partial charge in [-0.15, -0.1) is 0 Å². The summed E-state index contributed by atoms with van der Waals surface area (Å²) in [6.45, 7) is 1.66. The van der Waals surface area contributed by atoms with Crippen LogP contribution in [0.2, 0.25) is 0 Å². The monoisotopic (exact) mass is 193 g/mol. The molecular formula is C9H15N5. The van der Waals surface area contributed by atoms with E-state index in [4.69, 9.17) is 5.73 Å². The molecule has 0 aliphatic carbocycles. The molecule has 14 heavy (non-hydrogen) atoms. The summed E-state index contributed by atoms with van der Waals surface area (Å²) in [6.07, 6.45) is 2.69.